The van der Waals surface area contributed by atoms with Crippen molar-refractivity contribution in [1.82, 2.24) is 29.9 Å². The molecule has 12 aromatic carbocycles. The number of rotatable bonds is 10. The van der Waals surface area contributed by atoms with Gasteiger partial charge in [0.25, 0.3) is 0 Å². The van der Waals surface area contributed by atoms with Gasteiger partial charge in [0, 0.05) is 68.2 Å². The third kappa shape index (κ3) is 12.6. The molecular formula is C78H52BClN6O2S2. The zero-order chi connectivity index (χ0) is 60.8. The fourth-order valence-corrected chi connectivity index (χ4v) is 13.4. The molecule has 0 aliphatic heterocycles. The molecule has 0 bridgehead atoms. The van der Waals surface area contributed by atoms with Crippen LogP contribution >= 0.6 is 34.3 Å². The molecule has 8 nitrogen and oxygen atoms in total. The molecule has 0 unspecified atom stereocenters. The maximum absolute atomic E-state index is 9.12. The van der Waals surface area contributed by atoms with Crippen LogP contribution in [0.25, 0.3) is 142 Å². The lowest BCUT2D eigenvalue weighted by atomic mass is 9.80. The molecule has 0 spiro atoms. The van der Waals surface area contributed by atoms with Crippen LogP contribution in [-0.2, 0) is 0 Å². The summed E-state index contributed by atoms with van der Waals surface area (Å²) < 4.78 is 4.82. The van der Waals surface area contributed by atoms with Gasteiger partial charge >= 0.3 is 7.12 Å². The van der Waals surface area contributed by atoms with Crippen LogP contribution in [0, 0.1) is 0 Å². The Hall–Kier alpha value is -10.6. The lowest BCUT2D eigenvalue weighted by Gasteiger charge is -2.10. The molecule has 16 aromatic rings. The number of halogens is 1. The SMILES string of the molecule is Clc1nc(-c2ccc(-c3ccccc3)cc2)nc(-c2ccc(-c3ccccc3)cc2)n1.OB(O)c1ccc2c(c1)sc1ccccc12.c1ccc(-c2ccc(-c3nc(-c4ccc(-c5ccccc5)cc4)nc(-c4ccc5c(c4)sc4ccccc45)n3)cc2)cc1. The van der Waals surface area contributed by atoms with E-state index >= 15 is 0 Å². The molecule has 0 atom stereocenters. The maximum atomic E-state index is 9.12. The Morgan fingerprint density at radius 3 is 0.844 bits per heavy atom. The van der Waals surface area contributed by atoms with E-state index in [4.69, 9.17) is 36.6 Å². The van der Waals surface area contributed by atoms with Gasteiger partial charge in [0.05, 0.1) is 0 Å². The van der Waals surface area contributed by atoms with Crippen molar-refractivity contribution in [2.75, 3.05) is 0 Å². The number of fused-ring (bicyclic) bond motifs is 6. The largest absolute Gasteiger partial charge is 0.488 e. The molecule has 90 heavy (non-hydrogen) atoms. The van der Waals surface area contributed by atoms with Crippen LogP contribution in [-0.4, -0.2) is 47.1 Å². The van der Waals surface area contributed by atoms with Crippen LogP contribution in [0.15, 0.2) is 303 Å². The zero-order valence-electron chi connectivity index (χ0n) is 48.2. The molecule has 12 heteroatoms. The van der Waals surface area contributed by atoms with Crippen molar-refractivity contribution < 1.29 is 10.0 Å². The van der Waals surface area contributed by atoms with E-state index in [0.717, 1.165) is 54.8 Å². The molecule has 428 valence electrons. The first-order valence-electron chi connectivity index (χ1n) is 29.3. The Bertz CT molecular complexity index is 4940. The topological polar surface area (TPSA) is 118 Å². The second-order valence-corrected chi connectivity index (χ2v) is 23.9. The average Bonchev–Trinajstić information content (AvgIpc) is 1.92. The van der Waals surface area contributed by atoms with Crippen molar-refractivity contribution >= 4 is 87.2 Å². The third-order valence-electron chi connectivity index (χ3n) is 15.6. The molecule has 0 saturated carbocycles. The predicted molar refractivity (Wildman–Crippen MR) is 376 cm³/mol. The van der Waals surface area contributed by atoms with Crippen LogP contribution in [0.1, 0.15) is 0 Å². The quantitative estimate of drug-likeness (QED) is 0.130. The van der Waals surface area contributed by atoms with E-state index in [9.17, 15) is 0 Å². The molecule has 0 aliphatic carbocycles. The fourth-order valence-electron chi connectivity index (χ4n) is 10.9. The predicted octanol–water partition coefficient (Wildman–Crippen LogP) is 19.5. The maximum Gasteiger partial charge on any atom is 0.488 e. The van der Waals surface area contributed by atoms with E-state index in [0.29, 0.717) is 34.6 Å². The van der Waals surface area contributed by atoms with Gasteiger partial charge in [0.2, 0.25) is 5.28 Å². The van der Waals surface area contributed by atoms with E-state index in [1.165, 1.54) is 57.9 Å². The molecule has 0 fully saturated rings. The first-order chi connectivity index (χ1) is 44.3. The van der Waals surface area contributed by atoms with Crippen molar-refractivity contribution in [3.8, 4) is 101 Å². The van der Waals surface area contributed by atoms with E-state index < -0.39 is 7.12 Å². The summed E-state index contributed by atoms with van der Waals surface area (Å²) in [5.74, 6) is 3.09. The number of thiophene rings is 2. The molecule has 4 heterocycles. The van der Waals surface area contributed by atoms with Crippen LogP contribution in [0.4, 0.5) is 0 Å². The van der Waals surface area contributed by atoms with Crippen molar-refractivity contribution in [2.45, 2.75) is 0 Å². The average molecular weight is 1220 g/mol. The lowest BCUT2D eigenvalue weighted by Crippen LogP contribution is -2.29. The van der Waals surface area contributed by atoms with E-state index in [1.807, 2.05) is 97.1 Å². The minimum Gasteiger partial charge on any atom is -0.423 e. The Balaban J connectivity index is 0.000000130. The molecule has 0 amide bonds. The molecular weight excluding hydrogens is 1160 g/mol. The molecule has 0 aliphatic rings. The summed E-state index contributed by atoms with van der Waals surface area (Å²) in [4.78, 5) is 28.4. The third-order valence-corrected chi connectivity index (χ3v) is 18.0. The van der Waals surface area contributed by atoms with Crippen LogP contribution < -0.4 is 5.46 Å². The Kier molecular flexibility index (Phi) is 16.5. The monoisotopic (exact) mass is 1210 g/mol. The summed E-state index contributed by atoms with van der Waals surface area (Å²) in [6.07, 6.45) is 0. The fraction of sp³-hybridized carbons (Fsp3) is 0. The van der Waals surface area contributed by atoms with Crippen LogP contribution in [0.2, 0.25) is 5.28 Å². The molecule has 2 N–H and O–H groups in total. The molecule has 4 aromatic heterocycles. The van der Waals surface area contributed by atoms with E-state index in [2.05, 4.69) is 215 Å². The van der Waals surface area contributed by atoms with Gasteiger partial charge in [-0.3, -0.25) is 0 Å². The molecule has 0 saturated heterocycles. The molecule has 0 radical (unpaired) electrons. The first kappa shape index (κ1) is 57.1. The van der Waals surface area contributed by atoms with Gasteiger partial charge in [-0.05, 0) is 85.8 Å². The van der Waals surface area contributed by atoms with Gasteiger partial charge in [0.1, 0.15) is 0 Å². The van der Waals surface area contributed by atoms with Gasteiger partial charge < -0.3 is 10.0 Å². The van der Waals surface area contributed by atoms with E-state index in [1.54, 1.807) is 28.7 Å². The Labute approximate surface area is 533 Å². The standard InChI is InChI=1S/C39H25N3S.C27H18ClN3.C12H9BO2S/c1-3-9-26(10-4-1)28-15-19-30(20-16-28)37-40-38(31-21-17-29(18-22-31)27-11-5-2-6-12-27)42-39(41-37)32-23-24-34-33-13-7-8-14-35(33)43-36(34)25-32;28-27-30-25(23-15-11-21(12-16-23)19-7-3-1-4-8-19)29-26(31-27)24-17-13-22(14-18-24)20-9-5-2-6-10-20;14-13(15)8-5-6-10-9-3-1-2-4-11(9)16-12(10)7-8/h1-25H;1-18H;1-7,14-15H. The number of hydrogen-bond donors (Lipinski definition) is 2. The van der Waals surface area contributed by atoms with Gasteiger partial charge in [0.15, 0.2) is 29.1 Å². The number of benzene rings is 12. The van der Waals surface area contributed by atoms with Gasteiger partial charge in [-0.15, -0.1) is 22.7 Å². The normalized spacial score (nSPS) is 11.1. The van der Waals surface area contributed by atoms with Crippen molar-refractivity contribution in [3.05, 3.63) is 309 Å². The van der Waals surface area contributed by atoms with Crippen LogP contribution in [0.5, 0.6) is 0 Å². The van der Waals surface area contributed by atoms with Crippen molar-refractivity contribution in [3.63, 3.8) is 0 Å². The highest BCUT2D eigenvalue weighted by Gasteiger charge is 2.17. The lowest BCUT2D eigenvalue weighted by molar-refractivity contribution is 0.426. The molecule has 16 rings (SSSR count). The number of nitrogens with zero attached hydrogens (tertiary/aromatic N) is 6. The van der Waals surface area contributed by atoms with Crippen LogP contribution in [0.3, 0.4) is 0 Å². The first-order valence-corrected chi connectivity index (χ1v) is 31.3. The smallest absolute Gasteiger partial charge is 0.423 e. The van der Waals surface area contributed by atoms with Crippen molar-refractivity contribution in [2.24, 2.45) is 0 Å². The number of aromatic nitrogens is 6. The highest BCUT2D eigenvalue weighted by atomic mass is 35.5. The van der Waals surface area contributed by atoms with Gasteiger partial charge in [-0.2, -0.15) is 9.97 Å². The summed E-state index contributed by atoms with van der Waals surface area (Å²) in [6, 6.07) is 103. The second kappa shape index (κ2) is 26.0. The van der Waals surface area contributed by atoms with Gasteiger partial charge in [-0.1, -0.05) is 279 Å². The highest BCUT2D eigenvalue weighted by Crippen LogP contribution is 2.38. The minimum atomic E-state index is -1.39. The summed E-state index contributed by atoms with van der Waals surface area (Å²) in [5, 5.41) is 23.3. The summed E-state index contributed by atoms with van der Waals surface area (Å²) >= 11 is 9.71. The highest BCUT2D eigenvalue weighted by molar-refractivity contribution is 7.26. The van der Waals surface area contributed by atoms with Crippen molar-refractivity contribution in [1.29, 1.82) is 0 Å². The van der Waals surface area contributed by atoms with Gasteiger partial charge in [-0.25, -0.2) is 19.9 Å². The second-order valence-electron chi connectivity index (χ2n) is 21.4. The van der Waals surface area contributed by atoms with E-state index in [-0.39, 0.29) is 5.28 Å². The summed E-state index contributed by atoms with van der Waals surface area (Å²) in [6.45, 7) is 0. The Morgan fingerprint density at radius 2 is 0.489 bits per heavy atom. The summed E-state index contributed by atoms with van der Waals surface area (Å²) in [7, 11) is -1.39. The zero-order valence-corrected chi connectivity index (χ0v) is 50.6. The Morgan fingerprint density at radius 1 is 0.233 bits per heavy atom. The summed E-state index contributed by atoms with van der Waals surface area (Å²) in [5.41, 5.74) is 14.5. The minimum absolute atomic E-state index is 0.180. The number of hydrogen-bond acceptors (Lipinski definition) is 10.